The summed E-state index contributed by atoms with van der Waals surface area (Å²) in [6, 6.07) is 2.12. The number of hydrogen-bond acceptors (Lipinski definition) is 3. The van der Waals surface area contributed by atoms with Crippen LogP contribution in [0.1, 0.15) is 23.7 Å². The normalized spacial score (nSPS) is 24.3. The number of thiophene rings is 1. The number of nitrogens with zero attached hydrogens (tertiary/aromatic N) is 1. The van der Waals surface area contributed by atoms with E-state index in [1.807, 2.05) is 16.3 Å². The summed E-state index contributed by atoms with van der Waals surface area (Å²) in [6.07, 6.45) is 0.901. The second kappa shape index (κ2) is 6.18. The van der Waals surface area contributed by atoms with Gasteiger partial charge in [0.2, 0.25) is 0 Å². The van der Waals surface area contributed by atoms with Crippen molar-refractivity contribution in [2.75, 3.05) is 13.1 Å². The van der Waals surface area contributed by atoms with Gasteiger partial charge in [0.15, 0.2) is 0 Å². The van der Waals surface area contributed by atoms with Crippen LogP contribution in [-0.2, 0) is 0 Å². The van der Waals surface area contributed by atoms with Crippen molar-refractivity contribution in [2.24, 2.45) is 11.7 Å². The van der Waals surface area contributed by atoms with Gasteiger partial charge < -0.3 is 10.6 Å². The lowest BCUT2D eigenvalue weighted by atomic mass is 9.94. The molecule has 0 aromatic carbocycles. The molecule has 1 fully saturated rings. The van der Waals surface area contributed by atoms with Crippen LogP contribution in [0, 0.1) is 5.92 Å². The highest BCUT2D eigenvalue weighted by Gasteiger charge is 2.27. The highest BCUT2D eigenvalue weighted by atomic mass is 79.9. The number of amides is 1. The zero-order valence-electron chi connectivity index (χ0n) is 9.56. The molecule has 0 aliphatic carbocycles. The Labute approximate surface area is 120 Å². The third kappa shape index (κ3) is 3.44. The first-order chi connectivity index (χ1) is 7.58. The quantitative estimate of drug-likeness (QED) is 0.855. The number of carbonyl (C=O) groups is 1. The first-order valence-corrected chi connectivity index (χ1v) is 7.04. The van der Waals surface area contributed by atoms with Gasteiger partial charge >= 0.3 is 0 Å². The summed E-state index contributed by atoms with van der Waals surface area (Å²) in [6.45, 7) is 3.65. The molecule has 0 spiro atoms. The number of likely N-dealkylation sites (tertiary alicyclic amines) is 1. The monoisotopic (exact) mass is 338 g/mol. The van der Waals surface area contributed by atoms with Crippen molar-refractivity contribution in [2.45, 2.75) is 19.4 Å². The minimum absolute atomic E-state index is 0. The molecular formula is C11H16BrClN2OS. The molecule has 1 aliphatic rings. The first kappa shape index (κ1) is 15.0. The predicted molar refractivity (Wildman–Crippen MR) is 76.9 cm³/mol. The molecule has 0 radical (unpaired) electrons. The van der Waals surface area contributed by atoms with E-state index < -0.39 is 0 Å². The largest absolute Gasteiger partial charge is 0.338 e. The molecule has 2 atom stereocenters. The second-order valence-corrected chi connectivity index (χ2v) is 6.61. The van der Waals surface area contributed by atoms with E-state index in [0.717, 1.165) is 28.9 Å². The van der Waals surface area contributed by atoms with Crippen LogP contribution in [0.3, 0.4) is 0 Å². The highest BCUT2D eigenvalue weighted by molar-refractivity contribution is 9.11. The molecule has 1 aliphatic heterocycles. The summed E-state index contributed by atoms with van der Waals surface area (Å²) in [5.41, 5.74) is 6.72. The first-order valence-electron chi connectivity index (χ1n) is 5.37. The number of carbonyl (C=O) groups excluding carboxylic acids is 1. The van der Waals surface area contributed by atoms with Crippen LogP contribution in [0.25, 0.3) is 0 Å². The summed E-state index contributed by atoms with van der Waals surface area (Å²) in [4.78, 5) is 14.0. The van der Waals surface area contributed by atoms with Crippen LogP contribution in [0.5, 0.6) is 0 Å². The van der Waals surface area contributed by atoms with E-state index in [2.05, 4.69) is 22.9 Å². The molecule has 6 heteroatoms. The fourth-order valence-corrected chi connectivity index (χ4v) is 3.08. The van der Waals surface area contributed by atoms with Gasteiger partial charge in [-0.15, -0.1) is 23.7 Å². The molecule has 0 saturated carbocycles. The molecule has 96 valence electrons. The second-order valence-electron chi connectivity index (χ2n) is 4.32. The van der Waals surface area contributed by atoms with Crippen molar-refractivity contribution < 1.29 is 4.79 Å². The maximum absolute atomic E-state index is 12.1. The summed E-state index contributed by atoms with van der Waals surface area (Å²) >= 11 is 4.92. The van der Waals surface area contributed by atoms with Gasteiger partial charge in [-0.25, -0.2) is 0 Å². The van der Waals surface area contributed by atoms with Crippen molar-refractivity contribution in [3.63, 3.8) is 0 Å². The van der Waals surface area contributed by atoms with Gasteiger partial charge in [-0.05, 0) is 34.3 Å². The van der Waals surface area contributed by atoms with Crippen LogP contribution in [0.15, 0.2) is 15.2 Å². The highest BCUT2D eigenvalue weighted by Crippen LogP contribution is 2.23. The van der Waals surface area contributed by atoms with Crippen molar-refractivity contribution in [3.8, 4) is 0 Å². The Bertz CT molecular complexity index is 399. The lowest BCUT2D eigenvalue weighted by Crippen LogP contribution is -2.48. The number of rotatable bonds is 1. The SMILES string of the molecule is CC1CN(C(=O)c2csc(Br)c2)CCC1N.Cl. The number of hydrogen-bond donors (Lipinski definition) is 1. The van der Waals surface area contributed by atoms with Gasteiger partial charge in [-0.2, -0.15) is 0 Å². The van der Waals surface area contributed by atoms with Crippen molar-refractivity contribution in [1.29, 1.82) is 0 Å². The van der Waals surface area contributed by atoms with E-state index in [1.165, 1.54) is 0 Å². The van der Waals surface area contributed by atoms with Crippen LogP contribution < -0.4 is 5.73 Å². The average molecular weight is 340 g/mol. The molecule has 2 N–H and O–H groups in total. The van der Waals surface area contributed by atoms with Gasteiger partial charge in [-0.3, -0.25) is 4.79 Å². The summed E-state index contributed by atoms with van der Waals surface area (Å²) in [7, 11) is 0. The number of piperidine rings is 1. The lowest BCUT2D eigenvalue weighted by molar-refractivity contribution is 0.0664. The van der Waals surface area contributed by atoms with Gasteiger partial charge in [0.25, 0.3) is 5.91 Å². The Morgan fingerprint density at radius 1 is 1.65 bits per heavy atom. The standard InChI is InChI=1S/C11H15BrN2OS.ClH/c1-7-5-14(3-2-9(7)13)11(15)8-4-10(12)16-6-8;/h4,6-7,9H,2-3,5,13H2,1H3;1H. The van der Waals surface area contributed by atoms with Gasteiger partial charge in [0.05, 0.1) is 9.35 Å². The molecule has 1 amide bonds. The molecule has 17 heavy (non-hydrogen) atoms. The Hall–Kier alpha value is -0.100. The zero-order chi connectivity index (χ0) is 11.7. The molecule has 1 saturated heterocycles. The number of nitrogens with two attached hydrogens (primary N) is 1. The topological polar surface area (TPSA) is 46.3 Å². The summed E-state index contributed by atoms with van der Waals surface area (Å²) in [5, 5.41) is 1.89. The van der Waals surface area contributed by atoms with Gasteiger partial charge in [0.1, 0.15) is 0 Å². The predicted octanol–water partition coefficient (Wildman–Crippen LogP) is 2.74. The maximum atomic E-state index is 12.1. The van der Waals surface area contributed by atoms with Crippen molar-refractivity contribution in [3.05, 3.63) is 20.8 Å². The fourth-order valence-electron chi connectivity index (χ4n) is 1.95. The molecule has 0 bridgehead atoms. The Balaban J connectivity index is 0.00000144. The zero-order valence-corrected chi connectivity index (χ0v) is 12.8. The van der Waals surface area contributed by atoms with E-state index in [1.54, 1.807) is 11.3 Å². The third-order valence-electron chi connectivity index (χ3n) is 3.07. The molecule has 2 heterocycles. The van der Waals surface area contributed by atoms with E-state index >= 15 is 0 Å². The average Bonchev–Trinajstić information content (AvgIpc) is 2.68. The van der Waals surface area contributed by atoms with Crippen LogP contribution in [0.4, 0.5) is 0 Å². The Morgan fingerprint density at radius 2 is 2.35 bits per heavy atom. The van der Waals surface area contributed by atoms with Crippen molar-refractivity contribution >= 4 is 45.6 Å². The van der Waals surface area contributed by atoms with Crippen LogP contribution in [-0.4, -0.2) is 29.9 Å². The van der Waals surface area contributed by atoms with Gasteiger partial charge in [0, 0.05) is 24.5 Å². The van der Waals surface area contributed by atoms with Crippen molar-refractivity contribution in [1.82, 2.24) is 4.90 Å². The minimum Gasteiger partial charge on any atom is -0.338 e. The Morgan fingerprint density at radius 3 is 2.88 bits per heavy atom. The smallest absolute Gasteiger partial charge is 0.254 e. The van der Waals surface area contributed by atoms with E-state index in [-0.39, 0.29) is 24.4 Å². The summed E-state index contributed by atoms with van der Waals surface area (Å²) in [5.74, 6) is 0.514. The van der Waals surface area contributed by atoms with E-state index in [9.17, 15) is 4.79 Å². The van der Waals surface area contributed by atoms with E-state index in [0.29, 0.717) is 5.92 Å². The molecule has 1 aromatic rings. The molecule has 1 aromatic heterocycles. The number of halogens is 2. The molecular weight excluding hydrogens is 324 g/mol. The van der Waals surface area contributed by atoms with E-state index in [4.69, 9.17) is 5.73 Å². The molecule has 2 rings (SSSR count). The Kier molecular flexibility index (Phi) is 5.44. The third-order valence-corrected chi connectivity index (χ3v) is 4.58. The summed E-state index contributed by atoms with van der Waals surface area (Å²) < 4.78 is 0.998. The van der Waals surface area contributed by atoms with Crippen LogP contribution in [0.2, 0.25) is 0 Å². The van der Waals surface area contributed by atoms with Gasteiger partial charge in [-0.1, -0.05) is 6.92 Å². The fraction of sp³-hybridized carbons (Fsp3) is 0.545. The molecule has 2 unspecified atom stereocenters. The minimum atomic E-state index is 0. The lowest BCUT2D eigenvalue weighted by Gasteiger charge is -2.34. The maximum Gasteiger partial charge on any atom is 0.254 e. The molecule has 3 nitrogen and oxygen atoms in total. The van der Waals surface area contributed by atoms with Crippen LogP contribution >= 0.6 is 39.7 Å².